The minimum absolute atomic E-state index is 0. The summed E-state index contributed by atoms with van der Waals surface area (Å²) >= 11 is 1.67. The van der Waals surface area contributed by atoms with Gasteiger partial charge < -0.3 is 15.0 Å². The van der Waals surface area contributed by atoms with Crippen molar-refractivity contribution in [2.45, 2.75) is 19.6 Å². The number of rotatable bonds is 6. The molecule has 24 heavy (non-hydrogen) atoms. The highest BCUT2D eigenvalue weighted by molar-refractivity contribution is 14.0. The van der Waals surface area contributed by atoms with E-state index in [0.717, 1.165) is 28.8 Å². The van der Waals surface area contributed by atoms with Crippen LogP contribution in [0.2, 0.25) is 0 Å². The third kappa shape index (κ3) is 6.03. The molecule has 0 saturated heterocycles. The molecular formula is C17H25IN4OS. The molecule has 0 aliphatic carbocycles. The lowest BCUT2D eigenvalue weighted by Crippen LogP contribution is -2.40. The summed E-state index contributed by atoms with van der Waals surface area (Å²) in [5, 5.41) is 6.54. The molecular weight excluding hydrogens is 435 g/mol. The number of nitrogens with one attached hydrogen (secondary N) is 1. The van der Waals surface area contributed by atoms with Gasteiger partial charge >= 0.3 is 0 Å². The fraction of sp³-hybridized carbons (Fsp3) is 0.412. The molecule has 1 atom stereocenters. The maximum Gasteiger partial charge on any atom is 0.193 e. The molecule has 0 saturated carbocycles. The number of hydrogen-bond acceptors (Lipinski definition) is 4. The van der Waals surface area contributed by atoms with E-state index in [1.807, 2.05) is 32.2 Å². The fourth-order valence-electron chi connectivity index (χ4n) is 2.37. The van der Waals surface area contributed by atoms with E-state index in [1.165, 1.54) is 0 Å². The van der Waals surface area contributed by atoms with Crippen molar-refractivity contribution in [2.24, 2.45) is 4.99 Å². The van der Waals surface area contributed by atoms with Crippen LogP contribution in [0.15, 0.2) is 40.7 Å². The average Bonchev–Trinajstić information content (AvgIpc) is 2.97. The summed E-state index contributed by atoms with van der Waals surface area (Å²) in [4.78, 5) is 10.9. The van der Waals surface area contributed by atoms with E-state index >= 15 is 0 Å². The number of benzene rings is 1. The number of aromatic nitrogens is 1. The normalized spacial score (nSPS) is 12.4. The molecule has 1 aromatic carbocycles. The van der Waals surface area contributed by atoms with Gasteiger partial charge in [-0.1, -0.05) is 30.3 Å². The van der Waals surface area contributed by atoms with E-state index in [4.69, 9.17) is 4.74 Å². The summed E-state index contributed by atoms with van der Waals surface area (Å²) < 4.78 is 5.59. The molecule has 0 spiro atoms. The molecule has 2 aromatic rings. The van der Waals surface area contributed by atoms with Crippen LogP contribution in [0.4, 0.5) is 0 Å². The van der Waals surface area contributed by atoms with Crippen LogP contribution in [-0.4, -0.2) is 43.6 Å². The highest BCUT2D eigenvalue weighted by Crippen LogP contribution is 2.15. The number of thiazole rings is 1. The average molecular weight is 460 g/mol. The Hall–Kier alpha value is -1.19. The smallest absolute Gasteiger partial charge is 0.193 e. The molecule has 1 heterocycles. The number of nitrogens with zero attached hydrogens (tertiary/aromatic N) is 3. The number of methoxy groups -OCH3 is 1. The minimum Gasteiger partial charge on any atom is -0.375 e. The van der Waals surface area contributed by atoms with Crippen LogP contribution >= 0.6 is 35.3 Å². The molecule has 0 fully saturated rings. The Balaban J connectivity index is 0.00000288. The maximum absolute atomic E-state index is 5.59. The van der Waals surface area contributed by atoms with E-state index < -0.39 is 0 Å². The monoisotopic (exact) mass is 460 g/mol. The number of aryl methyl sites for hydroxylation is 1. The predicted molar refractivity (Wildman–Crippen MR) is 111 cm³/mol. The number of ether oxygens (including phenoxy) is 1. The Kier molecular flexibility index (Phi) is 9.24. The SMILES string of the molecule is CN=C(NCC(OC)c1ccccc1)N(C)Cc1csc(C)n1.I. The highest BCUT2D eigenvalue weighted by Gasteiger charge is 2.13. The Morgan fingerprint density at radius 1 is 1.38 bits per heavy atom. The van der Waals surface area contributed by atoms with Gasteiger partial charge in [0.25, 0.3) is 0 Å². The van der Waals surface area contributed by atoms with Crippen LogP contribution in [0.25, 0.3) is 0 Å². The van der Waals surface area contributed by atoms with Crippen LogP contribution < -0.4 is 5.32 Å². The van der Waals surface area contributed by atoms with Crippen LogP contribution in [0.3, 0.4) is 0 Å². The van der Waals surface area contributed by atoms with E-state index in [9.17, 15) is 0 Å². The van der Waals surface area contributed by atoms with Crippen LogP contribution in [0, 0.1) is 6.92 Å². The van der Waals surface area contributed by atoms with Crippen molar-refractivity contribution in [3.05, 3.63) is 52.0 Å². The predicted octanol–water partition coefficient (Wildman–Crippen LogP) is 3.46. The summed E-state index contributed by atoms with van der Waals surface area (Å²) in [6.45, 7) is 3.41. The highest BCUT2D eigenvalue weighted by atomic mass is 127. The van der Waals surface area contributed by atoms with Crippen LogP contribution in [0.5, 0.6) is 0 Å². The molecule has 132 valence electrons. The van der Waals surface area contributed by atoms with Gasteiger partial charge in [-0.2, -0.15) is 0 Å². The van der Waals surface area contributed by atoms with Crippen molar-refractivity contribution in [1.82, 2.24) is 15.2 Å². The van der Waals surface area contributed by atoms with Gasteiger partial charge in [-0.3, -0.25) is 4.99 Å². The van der Waals surface area contributed by atoms with E-state index in [1.54, 1.807) is 25.5 Å². The largest absolute Gasteiger partial charge is 0.375 e. The topological polar surface area (TPSA) is 49.8 Å². The molecule has 1 N–H and O–H groups in total. The quantitative estimate of drug-likeness (QED) is 0.408. The molecule has 2 rings (SSSR count). The van der Waals surface area contributed by atoms with E-state index in [2.05, 4.69) is 37.7 Å². The molecule has 1 aromatic heterocycles. The first-order chi connectivity index (χ1) is 11.1. The Morgan fingerprint density at radius 3 is 2.62 bits per heavy atom. The number of halogens is 1. The first-order valence-electron chi connectivity index (χ1n) is 7.54. The standard InChI is InChI=1S/C17H24N4OS.HI/c1-13-20-15(12-23-13)11-21(3)17(18-2)19-10-16(22-4)14-8-6-5-7-9-14;/h5-9,12,16H,10-11H2,1-4H3,(H,18,19);1H. The van der Waals surface area contributed by atoms with Gasteiger partial charge in [-0.25, -0.2) is 4.98 Å². The Labute approximate surface area is 165 Å². The van der Waals surface area contributed by atoms with Crippen LogP contribution in [-0.2, 0) is 11.3 Å². The summed E-state index contributed by atoms with van der Waals surface area (Å²) in [6, 6.07) is 10.2. The molecule has 0 aliphatic rings. The lowest BCUT2D eigenvalue weighted by Gasteiger charge is -2.24. The van der Waals surface area contributed by atoms with E-state index in [0.29, 0.717) is 6.54 Å². The van der Waals surface area contributed by atoms with Gasteiger partial charge in [0.15, 0.2) is 5.96 Å². The second-order valence-electron chi connectivity index (χ2n) is 5.28. The zero-order chi connectivity index (χ0) is 16.7. The Bertz CT molecular complexity index is 633. The molecule has 0 amide bonds. The minimum atomic E-state index is -0.0112. The molecule has 1 unspecified atom stereocenters. The maximum atomic E-state index is 5.59. The summed E-state index contributed by atoms with van der Waals surface area (Å²) in [5.41, 5.74) is 2.21. The zero-order valence-electron chi connectivity index (χ0n) is 14.5. The first-order valence-corrected chi connectivity index (χ1v) is 8.42. The number of aliphatic imine (C=N–C) groups is 1. The molecule has 0 bridgehead atoms. The van der Waals surface area contributed by atoms with Crippen molar-refractivity contribution >= 4 is 41.3 Å². The molecule has 0 aliphatic heterocycles. The van der Waals surface area contributed by atoms with Crippen molar-refractivity contribution < 1.29 is 4.74 Å². The number of hydrogen-bond donors (Lipinski definition) is 1. The van der Waals surface area contributed by atoms with Gasteiger partial charge in [0.05, 0.1) is 23.4 Å². The van der Waals surface area contributed by atoms with Crippen molar-refractivity contribution in [1.29, 1.82) is 0 Å². The summed E-state index contributed by atoms with van der Waals surface area (Å²) in [7, 11) is 5.52. The lowest BCUT2D eigenvalue weighted by molar-refractivity contribution is 0.106. The van der Waals surface area contributed by atoms with Crippen molar-refractivity contribution in [3.63, 3.8) is 0 Å². The Morgan fingerprint density at radius 2 is 2.08 bits per heavy atom. The van der Waals surface area contributed by atoms with Gasteiger partial charge in [0.2, 0.25) is 0 Å². The molecule has 0 radical (unpaired) electrons. The lowest BCUT2D eigenvalue weighted by atomic mass is 10.1. The third-order valence-corrected chi connectivity index (χ3v) is 4.36. The van der Waals surface area contributed by atoms with Crippen molar-refractivity contribution in [3.8, 4) is 0 Å². The van der Waals surface area contributed by atoms with Crippen molar-refractivity contribution in [2.75, 3.05) is 27.7 Å². The van der Waals surface area contributed by atoms with Crippen LogP contribution in [0.1, 0.15) is 22.4 Å². The second kappa shape index (κ2) is 10.6. The zero-order valence-corrected chi connectivity index (χ0v) is 17.7. The number of guanidine groups is 1. The first kappa shape index (κ1) is 20.9. The molecule has 7 heteroatoms. The summed E-state index contributed by atoms with van der Waals surface area (Å²) in [6.07, 6.45) is -0.0112. The fourth-order valence-corrected chi connectivity index (χ4v) is 2.98. The second-order valence-corrected chi connectivity index (χ2v) is 6.34. The molecule has 5 nitrogen and oxygen atoms in total. The van der Waals surface area contributed by atoms with Gasteiger partial charge in [-0.15, -0.1) is 35.3 Å². The third-order valence-electron chi connectivity index (χ3n) is 3.54. The summed E-state index contributed by atoms with van der Waals surface area (Å²) in [5.74, 6) is 0.827. The van der Waals surface area contributed by atoms with Gasteiger partial charge in [0.1, 0.15) is 0 Å². The van der Waals surface area contributed by atoms with Gasteiger partial charge in [-0.05, 0) is 12.5 Å². The van der Waals surface area contributed by atoms with E-state index in [-0.39, 0.29) is 30.1 Å². The van der Waals surface area contributed by atoms with Gasteiger partial charge in [0, 0.05) is 33.1 Å².